The standard InChI is InChI=1S/C20H22F2N2O3/c1-3-12-24-18(23-15-10-6-5-8-13(15)19(24)25)14-9-7-11-16(26-4-2)17(14)27-20(21)22/h5-11,18,20,23H,3-4,12H2,1-2H3/t18-/m0/s1. The molecule has 1 atom stereocenters. The van der Waals surface area contributed by atoms with Crippen molar-refractivity contribution in [1.29, 1.82) is 0 Å². The molecule has 0 aromatic heterocycles. The minimum absolute atomic E-state index is 0.0554. The molecular formula is C20H22F2N2O3. The molecule has 2 aromatic carbocycles. The maximum Gasteiger partial charge on any atom is 0.387 e. The number of para-hydroxylation sites is 2. The molecule has 144 valence electrons. The summed E-state index contributed by atoms with van der Waals surface area (Å²) in [5.41, 5.74) is 1.64. The summed E-state index contributed by atoms with van der Waals surface area (Å²) in [6, 6.07) is 12.1. The van der Waals surface area contributed by atoms with Crippen molar-refractivity contribution in [3.05, 3.63) is 53.6 Å². The third-order valence-corrected chi connectivity index (χ3v) is 4.30. The van der Waals surface area contributed by atoms with Crippen molar-refractivity contribution in [2.45, 2.75) is 33.0 Å². The topological polar surface area (TPSA) is 50.8 Å². The Balaban J connectivity index is 2.10. The van der Waals surface area contributed by atoms with Gasteiger partial charge in [0.25, 0.3) is 5.91 Å². The Kier molecular flexibility index (Phi) is 5.78. The molecule has 1 N–H and O–H groups in total. The number of carbonyl (C=O) groups is 1. The van der Waals surface area contributed by atoms with Crippen LogP contribution in [0.4, 0.5) is 14.5 Å². The summed E-state index contributed by atoms with van der Waals surface area (Å²) in [7, 11) is 0. The van der Waals surface area contributed by atoms with Gasteiger partial charge in [-0.25, -0.2) is 0 Å². The fraction of sp³-hybridized carbons (Fsp3) is 0.350. The fourth-order valence-electron chi connectivity index (χ4n) is 3.24. The SMILES string of the molecule is CCCN1C(=O)c2ccccc2N[C@@H]1c1cccc(OCC)c1OC(F)F. The van der Waals surface area contributed by atoms with Gasteiger partial charge in [0, 0.05) is 17.8 Å². The second-order valence-electron chi connectivity index (χ2n) is 6.08. The van der Waals surface area contributed by atoms with Gasteiger partial charge in [0.15, 0.2) is 11.5 Å². The summed E-state index contributed by atoms with van der Waals surface area (Å²) in [5.74, 6) is 0.0148. The number of benzene rings is 2. The number of alkyl halides is 2. The predicted octanol–water partition coefficient (Wildman–Crippen LogP) is 4.66. The average molecular weight is 376 g/mol. The summed E-state index contributed by atoms with van der Waals surface area (Å²) < 4.78 is 36.4. The van der Waals surface area contributed by atoms with Crippen LogP contribution in [0.2, 0.25) is 0 Å². The maximum atomic E-state index is 13.1. The van der Waals surface area contributed by atoms with E-state index in [1.807, 2.05) is 13.0 Å². The highest BCUT2D eigenvalue weighted by molar-refractivity contribution is 6.01. The fourth-order valence-corrected chi connectivity index (χ4v) is 3.24. The summed E-state index contributed by atoms with van der Waals surface area (Å²) in [6.07, 6.45) is 0.0870. The van der Waals surface area contributed by atoms with Crippen LogP contribution in [0.3, 0.4) is 0 Å². The highest BCUT2D eigenvalue weighted by Gasteiger charge is 2.35. The first-order chi connectivity index (χ1) is 13.1. The van der Waals surface area contributed by atoms with Gasteiger partial charge < -0.3 is 19.7 Å². The van der Waals surface area contributed by atoms with Crippen LogP contribution in [-0.4, -0.2) is 30.6 Å². The number of fused-ring (bicyclic) bond motifs is 1. The molecule has 1 heterocycles. The van der Waals surface area contributed by atoms with Crippen LogP contribution in [0.5, 0.6) is 11.5 Å². The highest BCUT2D eigenvalue weighted by atomic mass is 19.3. The summed E-state index contributed by atoms with van der Waals surface area (Å²) >= 11 is 0. The van der Waals surface area contributed by atoms with Gasteiger partial charge in [-0.1, -0.05) is 31.2 Å². The van der Waals surface area contributed by atoms with Crippen molar-refractivity contribution >= 4 is 11.6 Å². The van der Waals surface area contributed by atoms with Gasteiger partial charge in [-0.05, 0) is 31.5 Å². The quantitative estimate of drug-likeness (QED) is 0.763. The zero-order valence-electron chi connectivity index (χ0n) is 15.2. The Morgan fingerprint density at radius 2 is 1.93 bits per heavy atom. The molecule has 7 heteroatoms. The third-order valence-electron chi connectivity index (χ3n) is 4.30. The second kappa shape index (κ2) is 8.24. The Morgan fingerprint density at radius 3 is 2.63 bits per heavy atom. The van der Waals surface area contributed by atoms with E-state index in [0.717, 1.165) is 6.42 Å². The minimum Gasteiger partial charge on any atom is -0.490 e. The number of hydrogen-bond donors (Lipinski definition) is 1. The van der Waals surface area contributed by atoms with Gasteiger partial charge in [-0.15, -0.1) is 0 Å². The van der Waals surface area contributed by atoms with Crippen molar-refractivity contribution in [3.8, 4) is 11.5 Å². The molecular weight excluding hydrogens is 354 g/mol. The summed E-state index contributed by atoms with van der Waals surface area (Å²) in [6.45, 7) is 1.50. The smallest absolute Gasteiger partial charge is 0.387 e. The number of amides is 1. The van der Waals surface area contributed by atoms with Crippen LogP contribution >= 0.6 is 0 Å². The van der Waals surface area contributed by atoms with Gasteiger partial charge in [0.1, 0.15) is 6.17 Å². The molecule has 2 aromatic rings. The monoisotopic (exact) mass is 376 g/mol. The molecule has 1 aliphatic rings. The zero-order valence-corrected chi connectivity index (χ0v) is 15.2. The minimum atomic E-state index is -3.00. The number of anilines is 1. The van der Waals surface area contributed by atoms with E-state index < -0.39 is 12.8 Å². The van der Waals surface area contributed by atoms with Gasteiger partial charge in [0.05, 0.1) is 12.2 Å². The molecule has 27 heavy (non-hydrogen) atoms. The van der Waals surface area contributed by atoms with E-state index in [1.54, 1.807) is 48.2 Å². The molecule has 0 bridgehead atoms. The molecule has 0 radical (unpaired) electrons. The van der Waals surface area contributed by atoms with Crippen molar-refractivity contribution in [1.82, 2.24) is 4.90 Å². The maximum absolute atomic E-state index is 13.1. The molecule has 5 nitrogen and oxygen atoms in total. The number of nitrogens with one attached hydrogen (secondary N) is 1. The van der Waals surface area contributed by atoms with Crippen LogP contribution < -0.4 is 14.8 Å². The number of hydrogen-bond acceptors (Lipinski definition) is 4. The Labute approximate surface area is 156 Å². The van der Waals surface area contributed by atoms with Crippen LogP contribution in [0.25, 0.3) is 0 Å². The lowest BCUT2D eigenvalue weighted by Crippen LogP contribution is -2.43. The van der Waals surface area contributed by atoms with Gasteiger partial charge >= 0.3 is 6.61 Å². The van der Waals surface area contributed by atoms with Crippen LogP contribution in [0.15, 0.2) is 42.5 Å². The number of carbonyl (C=O) groups excluding carboxylic acids is 1. The second-order valence-corrected chi connectivity index (χ2v) is 6.08. The lowest BCUT2D eigenvalue weighted by molar-refractivity contribution is -0.0525. The number of rotatable bonds is 7. The molecule has 0 aliphatic carbocycles. The van der Waals surface area contributed by atoms with E-state index >= 15 is 0 Å². The Bertz CT molecular complexity index is 814. The van der Waals surface area contributed by atoms with Crippen LogP contribution in [0, 0.1) is 0 Å². The van der Waals surface area contributed by atoms with E-state index in [0.29, 0.717) is 30.0 Å². The molecule has 1 aliphatic heterocycles. The van der Waals surface area contributed by atoms with E-state index in [2.05, 4.69) is 5.32 Å². The largest absolute Gasteiger partial charge is 0.490 e. The highest BCUT2D eigenvalue weighted by Crippen LogP contribution is 2.41. The molecule has 0 saturated carbocycles. The summed E-state index contributed by atoms with van der Waals surface area (Å²) in [4.78, 5) is 14.6. The molecule has 1 amide bonds. The lowest BCUT2D eigenvalue weighted by Gasteiger charge is -2.38. The van der Waals surface area contributed by atoms with Gasteiger partial charge in [-0.2, -0.15) is 8.78 Å². The van der Waals surface area contributed by atoms with E-state index in [4.69, 9.17) is 9.47 Å². The Hall–Kier alpha value is -2.83. The number of halogens is 2. The Morgan fingerprint density at radius 1 is 1.15 bits per heavy atom. The van der Waals surface area contributed by atoms with Gasteiger partial charge in [0.2, 0.25) is 0 Å². The van der Waals surface area contributed by atoms with Crippen molar-refractivity contribution in [2.75, 3.05) is 18.5 Å². The van der Waals surface area contributed by atoms with Crippen molar-refractivity contribution in [3.63, 3.8) is 0 Å². The van der Waals surface area contributed by atoms with Crippen LogP contribution in [-0.2, 0) is 0 Å². The third kappa shape index (κ3) is 3.82. The predicted molar refractivity (Wildman–Crippen MR) is 98.4 cm³/mol. The van der Waals surface area contributed by atoms with E-state index in [9.17, 15) is 13.6 Å². The number of nitrogens with zero attached hydrogens (tertiary/aromatic N) is 1. The molecule has 0 spiro atoms. The molecule has 3 rings (SSSR count). The van der Waals surface area contributed by atoms with E-state index in [-0.39, 0.29) is 17.4 Å². The van der Waals surface area contributed by atoms with Crippen LogP contribution in [0.1, 0.15) is 42.4 Å². The zero-order chi connectivity index (χ0) is 19.4. The van der Waals surface area contributed by atoms with Crippen molar-refractivity contribution in [2.24, 2.45) is 0 Å². The molecule has 0 unspecified atom stereocenters. The number of ether oxygens (including phenoxy) is 2. The first-order valence-electron chi connectivity index (χ1n) is 8.93. The molecule has 0 saturated heterocycles. The normalized spacial score (nSPS) is 16.1. The lowest BCUT2D eigenvalue weighted by atomic mass is 10.0. The molecule has 0 fully saturated rings. The summed E-state index contributed by atoms with van der Waals surface area (Å²) in [5, 5.41) is 3.29. The first-order valence-corrected chi connectivity index (χ1v) is 8.93. The van der Waals surface area contributed by atoms with Crippen molar-refractivity contribution < 1.29 is 23.0 Å². The van der Waals surface area contributed by atoms with E-state index in [1.165, 1.54) is 0 Å². The van der Waals surface area contributed by atoms with Gasteiger partial charge in [-0.3, -0.25) is 4.79 Å². The first kappa shape index (κ1) is 18.9. The average Bonchev–Trinajstić information content (AvgIpc) is 2.65.